The maximum absolute atomic E-state index is 13.7. The first-order chi connectivity index (χ1) is 12.6. The number of halogens is 2. The molecule has 1 N–H and O–H groups in total. The van der Waals surface area contributed by atoms with Crippen LogP contribution in [-0.2, 0) is 4.79 Å². The van der Waals surface area contributed by atoms with E-state index in [1.807, 2.05) is 0 Å². The van der Waals surface area contributed by atoms with E-state index in [0.29, 0.717) is 16.5 Å². The molecule has 2 aromatic carbocycles. The average molecular weight is 394 g/mol. The Kier molecular flexibility index (Phi) is 5.75. The summed E-state index contributed by atoms with van der Waals surface area (Å²) < 4.78 is 24.3. The van der Waals surface area contributed by atoms with Crippen LogP contribution in [0, 0.1) is 5.82 Å². The minimum atomic E-state index is -0.460. The van der Waals surface area contributed by atoms with Crippen LogP contribution in [0.3, 0.4) is 0 Å². The normalized spacial score (nSPS) is 10.6. The zero-order valence-electron chi connectivity index (χ0n) is 13.5. The van der Waals surface area contributed by atoms with Crippen LogP contribution >= 0.6 is 23.4 Å². The third-order valence-corrected chi connectivity index (χ3v) is 4.33. The van der Waals surface area contributed by atoms with Crippen LogP contribution in [-0.4, -0.2) is 29.0 Å². The Bertz CT molecular complexity index is 935. The maximum atomic E-state index is 13.7. The number of hydrogen-bond donors (Lipinski definition) is 1. The lowest BCUT2D eigenvalue weighted by Crippen LogP contribution is -2.14. The topological polar surface area (TPSA) is 77.2 Å². The number of amides is 1. The van der Waals surface area contributed by atoms with Crippen molar-refractivity contribution in [2.24, 2.45) is 0 Å². The Hall–Kier alpha value is -2.58. The monoisotopic (exact) mass is 393 g/mol. The minimum absolute atomic E-state index is 0.0224. The Morgan fingerprint density at radius 3 is 2.88 bits per heavy atom. The van der Waals surface area contributed by atoms with Gasteiger partial charge in [0.15, 0.2) is 0 Å². The smallest absolute Gasteiger partial charge is 0.277 e. The molecule has 3 rings (SSSR count). The first kappa shape index (κ1) is 18.2. The molecule has 0 aliphatic rings. The fraction of sp³-hybridized carbons (Fsp3) is 0.118. The summed E-state index contributed by atoms with van der Waals surface area (Å²) in [5.41, 5.74) is 0.670. The van der Waals surface area contributed by atoms with Gasteiger partial charge in [0.05, 0.1) is 24.1 Å². The second-order valence-electron chi connectivity index (χ2n) is 5.03. The molecule has 0 spiro atoms. The summed E-state index contributed by atoms with van der Waals surface area (Å²) in [4.78, 5) is 12.1. The molecule has 1 aromatic heterocycles. The van der Waals surface area contributed by atoms with Crippen LogP contribution in [0.1, 0.15) is 0 Å². The predicted octanol–water partition coefficient (Wildman–Crippen LogP) is 4.27. The van der Waals surface area contributed by atoms with E-state index in [2.05, 4.69) is 15.5 Å². The van der Waals surface area contributed by atoms with Crippen LogP contribution in [0.15, 0.2) is 52.1 Å². The van der Waals surface area contributed by atoms with Gasteiger partial charge in [-0.05, 0) is 30.3 Å². The summed E-state index contributed by atoms with van der Waals surface area (Å²) in [5.74, 6) is -0.191. The summed E-state index contributed by atoms with van der Waals surface area (Å²) in [6.45, 7) is 0. The zero-order chi connectivity index (χ0) is 18.5. The molecule has 9 heteroatoms. The number of ether oxygens (including phenoxy) is 1. The molecule has 0 aliphatic heterocycles. The lowest BCUT2D eigenvalue weighted by molar-refractivity contribution is -0.113. The van der Waals surface area contributed by atoms with E-state index < -0.39 is 5.82 Å². The molecule has 0 bridgehead atoms. The summed E-state index contributed by atoms with van der Waals surface area (Å²) in [6.07, 6.45) is 0. The molecule has 1 amide bonds. The number of thioether (sulfide) groups is 1. The van der Waals surface area contributed by atoms with E-state index in [9.17, 15) is 9.18 Å². The van der Waals surface area contributed by atoms with Crippen molar-refractivity contribution in [3.8, 4) is 17.2 Å². The molecule has 0 aliphatic carbocycles. The van der Waals surface area contributed by atoms with Gasteiger partial charge in [0.25, 0.3) is 11.1 Å². The fourth-order valence-electron chi connectivity index (χ4n) is 2.10. The molecule has 0 saturated carbocycles. The highest BCUT2D eigenvalue weighted by Gasteiger charge is 2.15. The van der Waals surface area contributed by atoms with Gasteiger partial charge >= 0.3 is 0 Å². The van der Waals surface area contributed by atoms with Gasteiger partial charge in [0.2, 0.25) is 5.91 Å². The predicted molar refractivity (Wildman–Crippen MR) is 97.0 cm³/mol. The lowest BCUT2D eigenvalue weighted by atomic mass is 10.2. The zero-order valence-corrected chi connectivity index (χ0v) is 15.1. The van der Waals surface area contributed by atoms with E-state index >= 15 is 0 Å². The molecule has 1 heterocycles. The number of carbonyl (C=O) groups excluding carboxylic acids is 1. The molecule has 6 nitrogen and oxygen atoms in total. The van der Waals surface area contributed by atoms with Crippen molar-refractivity contribution in [1.82, 2.24) is 10.2 Å². The van der Waals surface area contributed by atoms with Gasteiger partial charge < -0.3 is 14.5 Å². The number of methoxy groups -OCH3 is 1. The van der Waals surface area contributed by atoms with Gasteiger partial charge in [-0.25, -0.2) is 4.39 Å². The molecular weight excluding hydrogens is 381 g/mol. The largest absolute Gasteiger partial charge is 0.495 e. The molecule has 0 unspecified atom stereocenters. The van der Waals surface area contributed by atoms with Gasteiger partial charge in [0.1, 0.15) is 11.6 Å². The standard InChI is InChI=1S/C17H13ClFN3O3S/c1-24-14-7-6-10(18)8-13(14)20-15(23)9-26-17-22-21-16(25-17)11-4-2-3-5-12(11)19/h2-8H,9H2,1H3,(H,20,23). The van der Waals surface area contributed by atoms with Crippen molar-refractivity contribution in [1.29, 1.82) is 0 Å². The summed E-state index contributed by atoms with van der Waals surface area (Å²) in [6, 6.07) is 11.0. The number of aromatic nitrogens is 2. The average Bonchev–Trinajstić information content (AvgIpc) is 3.09. The highest BCUT2D eigenvalue weighted by Crippen LogP contribution is 2.28. The first-order valence-electron chi connectivity index (χ1n) is 7.41. The number of nitrogens with zero attached hydrogens (tertiary/aromatic N) is 2. The van der Waals surface area contributed by atoms with E-state index in [-0.39, 0.29) is 28.3 Å². The molecule has 134 valence electrons. The minimum Gasteiger partial charge on any atom is -0.495 e. The van der Waals surface area contributed by atoms with Crippen molar-refractivity contribution in [3.05, 3.63) is 53.3 Å². The third-order valence-electron chi connectivity index (χ3n) is 3.27. The van der Waals surface area contributed by atoms with Crippen molar-refractivity contribution < 1.29 is 18.3 Å². The number of hydrogen-bond acceptors (Lipinski definition) is 6. The third kappa shape index (κ3) is 4.33. The number of anilines is 1. The fourth-order valence-corrected chi connectivity index (χ4v) is 2.84. The van der Waals surface area contributed by atoms with Gasteiger partial charge in [-0.2, -0.15) is 0 Å². The van der Waals surface area contributed by atoms with Crippen LogP contribution in [0.5, 0.6) is 5.75 Å². The van der Waals surface area contributed by atoms with E-state index in [1.165, 1.54) is 19.2 Å². The van der Waals surface area contributed by atoms with Crippen LogP contribution in [0.2, 0.25) is 5.02 Å². The molecule has 0 fully saturated rings. The quantitative estimate of drug-likeness (QED) is 0.630. The molecule has 0 saturated heterocycles. The van der Waals surface area contributed by atoms with E-state index in [4.69, 9.17) is 20.8 Å². The number of carbonyl (C=O) groups is 1. The van der Waals surface area contributed by atoms with Crippen molar-refractivity contribution in [3.63, 3.8) is 0 Å². The highest BCUT2D eigenvalue weighted by atomic mass is 35.5. The van der Waals surface area contributed by atoms with Gasteiger partial charge in [-0.1, -0.05) is 35.5 Å². The number of benzene rings is 2. The second-order valence-corrected chi connectivity index (χ2v) is 6.40. The Labute approximate surface area is 157 Å². The molecular formula is C17H13ClFN3O3S. The van der Waals surface area contributed by atoms with Crippen molar-refractivity contribution in [2.75, 3.05) is 18.2 Å². The number of rotatable bonds is 6. The Balaban J connectivity index is 1.62. The molecule has 0 atom stereocenters. The SMILES string of the molecule is COc1ccc(Cl)cc1NC(=O)CSc1nnc(-c2ccccc2F)o1. The summed E-state index contributed by atoms with van der Waals surface area (Å²) in [5, 5.41) is 11.0. The van der Waals surface area contributed by atoms with Gasteiger partial charge in [0, 0.05) is 5.02 Å². The van der Waals surface area contributed by atoms with Crippen LogP contribution < -0.4 is 10.1 Å². The van der Waals surface area contributed by atoms with E-state index in [0.717, 1.165) is 11.8 Å². The maximum Gasteiger partial charge on any atom is 0.277 e. The van der Waals surface area contributed by atoms with Crippen molar-refractivity contribution >= 4 is 35.0 Å². The van der Waals surface area contributed by atoms with Gasteiger partial charge in [-0.3, -0.25) is 4.79 Å². The molecule has 26 heavy (non-hydrogen) atoms. The first-order valence-corrected chi connectivity index (χ1v) is 8.78. The van der Waals surface area contributed by atoms with E-state index in [1.54, 1.807) is 30.3 Å². The van der Waals surface area contributed by atoms with Crippen molar-refractivity contribution in [2.45, 2.75) is 5.22 Å². The van der Waals surface area contributed by atoms with Gasteiger partial charge in [-0.15, -0.1) is 10.2 Å². The summed E-state index contributed by atoms with van der Waals surface area (Å²) in [7, 11) is 1.50. The number of nitrogens with one attached hydrogen (secondary N) is 1. The Morgan fingerprint density at radius 1 is 1.31 bits per heavy atom. The summed E-state index contributed by atoms with van der Waals surface area (Å²) >= 11 is 6.97. The second kappa shape index (κ2) is 8.20. The lowest BCUT2D eigenvalue weighted by Gasteiger charge is -2.09. The Morgan fingerprint density at radius 2 is 2.12 bits per heavy atom. The van der Waals surface area contributed by atoms with Crippen LogP contribution in [0.25, 0.3) is 11.5 Å². The van der Waals surface area contributed by atoms with Crippen LogP contribution in [0.4, 0.5) is 10.1 Å². The molecule has 3 aromatic rings. The highest BCUT2D eigenvalue weighted by molar-refractivity contribution is 7.99. The molecule has 0 radical (unpaired) electrons.